The van der Waals surface area contributed by atoms with Crippen molar-refractivity contribution in [3.8, 4) is 11.4 Å². The molecule has 2 N–H and O–H groups in total. The van der Waals surface area contributed by atoms with E-state index in [0.717, 1.165) is 35.8 Å². The van der Waals surface area contributed by atoms with Crippen LogP contribution in [0.4, 0.5) is 0 Å². The number of nitrogens with two attached hydrogens (primary N) is 1. The third-order valence-corrected chi connectivity index (χ3v) is 3.45. The van der Waals surface area contributed by atoms with Crippen LogP contribution in [0.25, 0.3) is 11.4 Å². The number of halogens is 2. The van der Waals surface area contributed by atoms with Crippen LogP contribution < -0.4 is 5.73 Å². The van der Waals surface area contributed by atoms with E-state index in [9.17, 15) is 0 Å². The normalized spacial score (nSPS) is 18.0. The SMILES string of the molecule is Cl.NC1CCn2c(cnc2-c2cccc(Cl)c2)C1. The van der Waals surface area contributed by atoms with Crippen LogP contribution in [0.3, 0.4) is 0 Å². The zero-order chi connectivity index (χ0) is 11.8. The molecule has 1 aliphatic rings. The lowest BCUT2D eigenvalue weighted by molar-refractivity contribution is 0.474. The second-order valence-electron chi connectivity index (χ2n) is 4.49. The standard InChI is InChI=1S/C13H14ClN3.ClH/c14-10-3-1-2-9(6-10)13-16-8-12-7-11(15)4-5-17(12)13;/h1-3,6,8,11H,4-5,7,15H2;1H. The molecule has 0 aliphatic carbocycles. The van der Waals surface area contributed by atoms with Crippen molar-refractivity contribution in [1.82, 2.24) is 9.55 Å². The third-order valence-electron chi connectivity index (χ3n) is 3.22. The van der Waals surface area contributed by atoms with Crippen LogP contribution >= 0.6 is 24.0 Å². The van der Waals surface area contributed by atoms with Crippen LogP contribution in [0, 0.1) is 0 Å². The maximum Gasteiger partial charge on any atom is 0.140 e. The summed E-state index contributed by atoms with van der Waals surface area (Å²) in [6.07, 6.45) is 3.85. The fourth-order valence-corrected chi connectivity index (χ4v) is 2.54. The van der Waals surface area contributed by atoms with Crippen molar-refractivity contribution in [1.29, 1.82) is 0 Å². The molecule has 1 unspecified atom stereocenters. The summed E-state index contributed by atoms with van der Waals surface area (Å²) < 4.78 is 2.25. The summed E-state index contributed by atoms with van der Waals surface area (Å²) >= 11 is 6.01. The van der Waals surface area contributed by atoms with Gasteiger partial charge in [-0.15, -0.1) is 12.4 Å². The summed E-state index contributed by atoms with van der Waals surface area (Å²) in [7, 11) is 0. The van der Waals surface area contributed by atoms with Gasteiger partial charge in [0.25, 0.3) is 0 Å². The molecule has 0 spiro atoms. The molecule has 0 saturated carbocycles. The van der Waals surface area contributed by atoms with Gasteiger partial charge in [-0.3, -0.25) is 0 Å². The number of aromatic nitrogens is 2. The summed E-state index contributed by atoms with van der Waals surface area (Å²) in [6, 6.07) is 8.09. The van der Waals surface area contributed by atoms with Gasteiger partial charge in [0.1, 0.15) is 5.82 Å². The zero-order valence-electron chi connectivity index (χ0n) is 9.84. The Labute approximate surface area is 117 Å². The van der Waals surface area contributed by atoms with E-state index in [1.54, 1.807) is 0 Å². The largest absolute Gasteiger partial charge is 0.328 e. The Bertz CT molecular complexity index is 551. The number of hydrogen-bond acceptors (Lipinski definition) is 2. The molecule has 1 aromatic heterocycles. The fraction of sp³-hybridized carbons (Fsp3) is 0.308. The third kappa shape index (κ3) is 2.39. The maximum absolute atomic E-state index is 6.01. The Hall–Kier alpha value is -1.03. The molecule has 1 aliphatic heterocycles. The lowest BCUT2D eigenvalue weighted by Crippen LogP contribution is -2.30. The van der Waals surface area contributed by atoms with Crippen LogP contribution in [0.15, 0.2) is 30.5 Å². The molecule has 0 amide bonds. The molecule has 96 valence electrons. The molecule has 0 fully saturated rings. The number of benzene rings is 1. The second kappa shape index (κ2) is 5.31. The van der Waals surface area contributed by atoms with Crippen molar-refractivity contribution in [3.63, 3.8) is 0 Å². The van der Waals surface area contributed by atoms with Gasteiger partial charge in [0, 0.05) is 41.5 Å². The zero-order valence-corrected chi connectivity index (χ0v) is 11.4. The Morgan fingerprint density at radius 1 is 1.39 bits per heavy atom. The van der Waals surface area contributed by atoms with Gasteiger partial charge >= 0.3 is 0 Å². The molecule has 3 rings (SSSR count). The number of nitrogens with zero attached hydrogens (tertiary/aromatic N) is 2. The van der Waals surface area contributed by atoms with Crippen LogP contribution in [0.2, 0.25) is 5.02 Å². The molecule has 2 heterocycles. The molecule has 0 bridgehead atoms. The topological polar surface area (TPSA) is 43.8 Å². The van der Waals surface area contributed by atoms with Gasteiger partial charge in [-0.2, -0.15) is 0 Å². The lowest BCUT2D eigenvalue weighted by Gasteiger charge is -2.21. The monoisotopic (exact) mass is 283 g/mol. The number of hydrogen-bond donors (Lipinski definition) is 1. The van der Waals surface area contributed by atoms with Crippen molar-refractivity contribution in [3.05, 3.63) is 41.2 Å². The van der Waals surface area contributed by atoms with Crippen molar-refractivity contribution >= 4 is 24.0 Å². The minimum Gasteiger partial charge on any atom is -0.328 e. The molecule has 0 radical (unpaired) electrons. The van der Waals surface area contributed by atoms with Gasteiger partial charge in [0.05, 0.1) is 0 Å². The van der Waals surface area contributed by atoms with E-state index in [4.69, 9.17) is 17.3 Å². The van der Waals surface area contributed by atoms with E-state index in [-0.39, 0.29) is 18.4 Å². The summed E-state index contributed by atoms with van der Waals surface area (Å²) in [5.74, 6) is 0.995. The highest BCUT2D eigenvalue weighted by molar-refractivity contribution is 6.30. The number of imidazole rings is 1. The van der Waals surface area contributed by atoms with Gasteiger partial charge in [-0.1, -0.05) is 23.7 Å². The van der Waals surface area contributed by atoms with E-state index in [0.29, 0.717) is 0 Å². The molecule has 0 saturated heterocycles. The maximum atomic E-state index is 6.01. The minimum atomic E-state index is 0. The van der Waals surface area contributed by atoms with Crippen molar-refractivity contribution in [2.24, 2.45) is 5.73 Å². The first-order valence-electron chi connectivity index (χ1n) is 5.80. The molecular formula is C13H15Cl2N3. The molecule has 1 atom stereocenters. The van der Waals surface area contributed by atoms with E-state index in [1.807, 2.05) is 30.5 Å². The Balaban J connectivity index is 0.00000120. The summed E-state index contributed by atoms with van der Waals surface area (Å²) in [4.78, 5) is 4.49. The Morgan fingerprint density at radius 2 is 2.22 bits per heavy atom. The average molecular weight is 284 g/mol. The van der Waals surface area contributed by atoms with Gasteiger partial charge in [0.15, 0.2) is 0 Å². The molecule has 1 aromatic carbocycles. The van der Waals surface area contributed by atoms with Gasteiger partial charge in [-0.25, -0.2) is 4.98 Å². The fourth-order valence-electron chi connectivity index (χ4n) is 2.35. The summed E-state index contributed by atoms with van der Waals surface area (Å²) in [6.45, 7) is 0.943. The summed E-state index contributed by atoms with van der Waals surface area (Å²) in [5.41, 5.74) is 8.25. The molecule has 18 heavy (non-hydrogen) atoms. The van der Waals surface area contributed by atoms with Crippen LogP contribution in [0.1, 0.15) is 12.1 Å². The second-order valence-corrected chi connectivity index (χ2v) is 4.92. The minimum absolute atomic E-state index is 0. The highest BCUT2D eigenvalue weighted by Gasteiger charge is 2.19. The van der Waals surface area contributed by atoms with E-state index >= 15 is 0 Å². The van der Waals surface area contributed by atoms with Crippen molar-refractivity contribution in [2.45, 2.75) is 25.4 Å². The molecular weight excluding hydrogens is 269 g/mol. The van der Waals surface area contributed by atoms with Crippen molar-refractivity contribution < 1.29 is 0 Å². The molecule has 2 aromatic rings. The number of fused-ring (bicyclic) bond motifs is 1. The van der Waals surface area contributed by atoms with E-state index in [1.165, 1.54) is 5.69 Å². The Kier molecular flexibility index (Phi) is 3.95. The highest BCUT2D eigenvalue weighted by atomic mass is 35.5. The van der Waals surface area contributed by atoms with Crippen LogP contribution in [0.5, 0.6) is 0 Å². The van der Waals surface area contributed by atoms with Gasteiger partial charge < -0.3 is 10.3 Å². The van der Waals surface area contributed by atoms with Crippen molar-refractivity contribution in [2.75, 3.05) is 0 Å². The molecule has 5 heteroatoms. The first kappa shape index (κ1) is 13.4. The van der Waals surface area contributed by atoms with E-state index < -0.39 is 0 Å². The predicted octanol–water partition coefficient (Wildman–Crippen LogP) is 2.90. The Morgan fingerprint density at radius 3 is 3.00 bits per heavy atom. The highest BCUT2D eigenvalue weighted by Crippen LogP contribution is 2.25. The average Bonchev–Trinajstić information content (AvgIpc) is 2.71. The predicted molar refractivity (Wildman–Crippen MR) is 76.2 cm³/mol. The quantitative estimate of drug-likeness (QED) is 0.875. The first-order chi connectivity index (χ1) is 8.24. The van der Waals surface area contributed by atoms with E-state index in [2.05, 4.69) is 9.55 Å². The molecule has 3 nitrogen and oxygen atoms in total. The smallest absolute Gasteiger partial charge is 0.140 e. The lowest BCUT2D eigenvalue weighted by atomic mass is 10.1. The van der Waals surface area contributed by atoms with Gasteiger partial charge in [0.2, 0.25) is 0 Å². The van der Waals surface area contributed by atoms with Crippen LogP contribution in [-0.2, 0) is 13.0 Å². The number of rotatable bonds is 1. The summed E-state index contributed by atoms with van der Waals surface area (Å²) in [5, 5.41) is 0.743. The van der Waals surface area contributed by atoms with Crippen LogP contribution in [-0.4, -0.2) is 15.6 Å². The van der Waals surface area contributed by atoms with Gasteiger partial charge in [-0.05, 0) is 18.6 Å². The first-order valence-corrected chi connectivity index (χ1v) is 6.18.